The first-order chi connectivity index (χ1) is 9.97. The first-order valence-corrected chi connectivity index (χ1v) is 7.56. The molecule has 0 saturated carbocycles. The van der Waals surface area contributed by atoms with E-state index in [2.05, 4.69) is 31.0 Å². The van der Waals surface area contributed by atoms with E-state index in [4.69, 9.17) is 5.73 Å². The summed E-state index contributed by atoms with van der Waals surface area (Å²) in [5.41, 5.74) is 6.40. The number of amides is 1. The lowest BCUT2D eigenvalue weighted by Crippen LogP contribution is -2.39. The monoisotopic (exact) mass is 295 g/mol. The van der Waals surface area contributed by atoms with Crippen molar-refractivity contribution in [1.82, 2.24) is 4.90 Å². The number of unbranched alkanes of at least 4 members (excludes halogenated alkanes) is 1. The summed E-state index contributed by atoms with van der Waals surface area (Å²) in [7, 11) is 0. The van der Waals surface area contributed by atoms with Gasteiger partial charge in [-0.05, 0) is 44.5 Å². The molecule has 4 nitrogen and oxygen atoms in total. The molecular formula is C16H26FN3O. The molecule has 1 atom stereocenters. The van der Waals surface area contributed by atoms with Gasteiger partial charge in [-0.15, -0.1) is 0 Å². The Hall–Kier alpha value is -1.62. The van der Waals surface area contributed by atoms with Crippen molar-refractivity contribution in [2.75, 3.05) is 24.1 Å². The molecule has 0 fully saturated rings. The van der Waals surface area contributed by atoms with Crippen molar-refractivity contribution in [2.24, 2.45) is 0 Å². The Morgan fingerprint density at radius 2 is 2.14 bits per heavy atom. The maximum atomic E-state index is 13.0. The molecule has 0 bridgehead atoms. The summed E-state index contributed by atoms with van der Waals surface area (Å²) < 4.78 is 13.0. The van der Waals surface area contributed by atoms with E-state index in [9.17, 15) is 9.18 Å². The summed E-state index contributed by atoms with van der Waals surface area (Å²) in [6.07, 6.45) is 3.16. The Morgan fingerprint density at radius 1 is 1.43 bits per heavy atom. The molecule has 1 unspecified atom stereocenters. The minimum atomic E-state index is -0.408. The Labute approximate surface area is 126 Å². The summed E-state index contributed by atoms with van der Waals surface area (Å²) in [4.78, 5) is 14.3. The largest absolute Gasteiger partial charge is 0.397 e. The second-order valence-electron chi connectivity index (χ2n) is 5.36. The zero-order valence-corrected chi connectivity index (χ0v) is 13.2. The second-order valence-corrected chi connectivity index (χ2v) is 5.36. The number of nitrogens with one attached hydrogen (secondary N) is 1. The van der Waals surface area contributed by atoms with E-state index in [1.165, 1.54) is 18.2 Å². The van der Waals surface area contributed by atoms with E-state index in [-0.39, 0.29) is 11.6 Å². The molecule has 0 aliphatic rings. The zero-order chi connectivity index (χ0) is 15.8. The summed E-state index contributed by atoms with van der Waals surface area (Å²) in [6, 6.07) is 4.34. The zero-order valence-electron chi connectivity index (χ0n) is 13.2. The van der Waals surface area contributed by atoms with Gasteiger partial charge in [0.25, 0.3) is 0 Å². The van der Waals surface area contributed by atoms with Gasteiger partial charge in [0.15, 0.2) is 0 Å². The van der Waals surface area contributed by atoms with E-state index in [1.54, 1.807) is 0 Å². The van der Waals surface area contributed by atoms with Crippen LogP contribution in [0.2, 0.25) is 0 Å². The highest BCUT2D eigenvalue weighted by Crippen LogP contribution is 2.19. The van der Waals surface area contributed by atoms with Crippen LogP contribution in [0.15, 0.2) is 18.2 Å². The average Bonchev–Trinajstić information content (AvgIpc) is 2.45. The van der Waals surface area contributed by atoms with Crippen LogP contribution in [-0.4, -0.2) is 29.9 Å². The average molecular weight is 295 g/mol. The van der Waals surface area contributed by atoms with Crippen molar-refractivity contribution < 1.29 is 9.18 Å². The number of nitrogen functional groups attached to an aromatic ring is 1. The maximum absolute atomic E-state index is 13.0. The van der Waals surface area contributed by atoms with Gasteiger partial charge >= 0.3 is 0 Å². The van der Waals surface area contributed by atoms with Gasteiger partial charge in [-0.25, -0.2) is 4.39 Å². The van der Waals surface area contributed by atoms with Gasteiger partial charge in [0.2, 0.25) is 5.91 Å². The predicted molar refractivity (Wildman–Crippen MR) is 85.7 cm³/mol. The summed E-state index contributed by atoms with van der Waals surface area (Å²) in [6.45, 7) is 7.59. The number of halogens is 1. The van der Waals surface area contributed by atoms with Crippen molar-refractivity contribution in [1.29, 1.82) is 0 Å². The Bertz CT molecular complexity index is 465. The van der Waals surface area contributed by atoms with E-state index < -0.39 is 5.82 Å². The lowest BCUT2D eigenvalue weighted by Gasteiger charge is -2.27. The van der Waals surface area contributed by atoms with Crippen LogP contribution < -0.4 is 11.1 Å². The lowest BCUT2D eigenvalue weighted by molar-refractivity contribution is -0.117. The second kappa shape index (κ2) is 8.62. The van der Waals surface area contributed by atoms with Gasteiger partial charge in [0, 0.05) is 6.04 Å². The molecule has 118 valence electrons. The summed E-state index contributed by atoms with van der Waals surface area (Å²) in [5.74, 6) is -0.528. The number of carbonyl (C=O) groups is 1. The van der Waals surface area contributed by atoms with Gasteiger partial charge in [-0.3, -0.25) is 9.69 Å². The number of benzene rings is 1. The fourth-order valence-corrected chi connectivity index (χ4v) is 2.10. The summed E-state index contributed by atoms with van der Waals surface area (Å²) in [5, 5.41) is 2.75. The van der Waals surface area contributed by atoms with Crippen molar-refractivity contribution in [3.8, 4) is 0 Å². The third kappa shape index (κ3) is 5.71. The standard InChI is InChI=1S/C16H26FN3O/c1-4-6-9-20(12(3)5-2)11-16(21)19-15-8-7-13(17)10-14(15)18/h7-8,10,12H,4-6,9,11,18H2,1-3H3,(H,19,21). The van der Waals surface area contributed by atoms with Crippen molar-refractivity contribution in [3.05, 3.63) is 24.0 Å². The molecule has 0 spiro atoms. The van der Waals surface area contributed by atoms with Crippen LogP contribution >= 0.6 is 0 Å². The molecule has 0 aliphatic carbocycles. The molecular weight excluding hydrogens is 269 g/mol. The van der Waals surface area contributed by atoms with Crippen molar-refractivity contribution in [2.45, 2.75) is 46.1 Å². The van der Waals surface area contributed by atoms with Crippen LogP contribution in [-0.2, 0) is 4.79 Å². The van der Waals surface area contributed by atoms with Crippen LogP contribution in [0.5, 0.6) is 0 Å². The van der Waals surface area contributed by atoms with Crippen LogP contribution in [0.4, 0.5) is 15.8 Å². The predicted octanol–water partition coefficient (Wildman–Crippen LogP) is 3.25. The minimum absolute atomic E-state index is 0.121. The molecule has 5 heteroatoms. The lowest BCUT2D eigenvalue weighted by atomic mass is 10.2. The molecule has 0 aliphatic heterocycles. The Kier molecular flexibility index (Phi) is 7.15. The van der Waals surface area contributed by atoms with Crippen molar-refractivity contribution >= 4 is 17.3 Å². The molecule has 1 aromatic carbocycles. The highest BCUT2D eigenvalue weighted by Gasteiger charge is 2.16. The number of carbonyl (C=O) groups excluding carboxylic acids is 1. The Balaban J connectivity index is 2.64. The van der Waals surface area contributed by atoms with Gasteiger partial charge in [0.05, 0.1) is 17.9 Å². The molecule has 1 aromatic rings. The van der Waals surface area contributed by atoms with Crippen LogP contribution in [0.1, 0.15) is 40.0 Å². The topological polar surface area (TPSA) is 58.4 Å². The SMILES string of the molecule is CCCCN(CC(=O)Nc1ccc(F)cc1N)C(C)CC. The Morgan fingerprint density at radius 3 is 2.71 bits per heavy atom. The molecule has 0 heterocycles. The highest BCUT2D eigenvalue weighted by atomic mass is 19.1. The van der Waals surface area contributed by atoms with Crippen LogP contribution in [0, 0.1) is 5.82 Å². The van der Waals surface area contributed by atoms with E-state index in [0.717, 1.165) is 25.8 Å². The fraction of sp³-hybridized carbons (Fsp3) is 0.562. The van der Waals surface area contributed by atoms with E-state index in [0.29, 0.717) is 18.3 Å². The highest BCUT2D eigenvalue weighted by molar-refractivity contribution is 5.95. The molecule has 0 aromatic heterocycles. The summed E-state index contributed by atoms with van der Waals surface area (Å²) >= 11 is 0. The van der Waals surface area contributed by atoms with Crippen LogP contribution in [0.25, 0.3) is 0 Å². The molecule has 0 radical (unpaired) electrons. The number of hydrogen-bond acceptors (Lipinski definition) is 3. The first-order valence-electron chi connectivity index (χ1n) is 7.56. The van der Waals surface area contributed by atoms with E-state index >= 15 is 0 Å². The number of nitrogens with zero attached hydrogens (tertiary/aromatic N) is 1. The maximum Gasteiger partial charge on any atom is 0.238 e. The van der Waals surface area contributed by atoms with Crippen molar-refractivity contribution in [3.63, 3.8) is 0 Å². The number of hydrogen-bond donors (Lipinski definition) is 2. The van der Waals surface area contributed by atoms with Gasteiger partial charge < -0.3 is 11.1 Å². The van der Waals surface area contributed by atoms with Gasteiger partial charge in [-0.2, -0.15) is 0 Å². The third-order valence-corrected chi connectivity index (χ3v) is 3.65. The van der Waals surface area contributed by atoms with E-state index in [1.807, 2.05) is 0 Å². The first kappa shape index (κ1) is 17.4. The third-order valence-electron chi connectivity index (χ3n) is 3.65. The smallest absolute Gasteiger partial charge is 0.238 e. The number of rotatable bonds is 8. The fourth-order valence-electron chi connectivity index (χ4n) is 2.10. The number of anilines is 2. The van der Waals surface area contributed by atoms with Gasteiger partial charge in [0.1, 0.15) is 5.82 Å². The molecule has 0 saturated heterocycles. The normalized spacial score (nSPS) is 12.4. The molecule has 1 amide bonds. The number of nitrogens with two attached hydrogens (primary N) is 1. The van der Waals surface area contributed by atoms with Crippen LogP contribution in [0.3, 0.4) is 0 Å². The molecule has 3 N–H and O–H groups in total. The quantitative estimate of drug-likeness (QED) is 0.724. The molecule has 21 heavy (non-hydrogen) atoms. The minimum Gasteiger partial charge on any atom is -0.397 e. The van der Waals surface area contributed by atoms with Gasteiger partial charge in [-0.1, -0.05) is 20.3 Å². The molecule has 1 rings (SSSR count).